The molecule has 14 nitrogen and oxygen atoms in total. The van der Waals surface area contributed by atoms with Gasteiger partial charge in [-0.3, -0.25) is 4.21 Å². The number of likely N-dealkylation sites (tertiary alicyclic amines) is 1. The van der Waals surface area contributed by atoms with Crippen molar-refractivity contribution in [2.45, 2.75) is 61.0 Å². The van der Waals surface area contributed by atoms with Crippen LogP contribution in [-0.2, 0) is 45.2 Å². The number of ether oxygens (including phenoxy) is 4. The summed E-state index contributed by atoms with van der Waals surface area (Å²) in [5, 5.41) is 12.0. The zero-order chi connectivity index (χ0) is 40.2. The number of rotatable bonds is 14. The summed E-state index contributed by atoms with van der Waals surface area (Å²) in [4.78, 5) is 14.2. The summed E-state index contributed by atoms with van der Waals surface area (Å²) in [5.41, 5.74) is 1.76. The number of tetrazole rings is 1. The highest BCUT2D eigenvalue weighted by atomic mass is 127. The molecule has 4 aromatic carbocycles. The van der Waals surface area contributed by atoms with Crippen molar-refractivity contribution in [1.29, 1.82) is 0 Å². The smallest absolute Gasteiger partial charge is 0.410 e. The molecule has 1 amide bonds. The first-order valence-corrected chi connectivity index (χ1v) is 21.3. The van der Waals surface area contributed by atoms with Crippen LogP contribution >= 0.6 is 22.6 Å². The maximum absolute atomic E-state index is 15.5. The van der Waals surface area contributed by atoms with Gasteiger partial charge in [0.2, 0.25) is 10.0 Å². The molecule has 0 saturated carbocycles. The zero-order valence-corrected chi connectivity index (χ0v) is 35.6. The van der Waals surface area contributed by atoms with Gasteiger partial charge in [-0.2, -0.15) is 4.31 Å². The van der Waals surface area contributed by atoms with Crippen LogP contribution in [0.2, 0.25) is 0 Å². The molecule has 2 heterocycles. The molecular weight excluding hydrogens is 872 g/mol. The quantitative estimate of drug-likeness (QED) is 0.118. The number of amides is 1. The number of methoxy groups -OCH3 is 3. The number of aromatic nitrogens is 4. The van der Waals surface area contributed by atoms with E-state index in [1.165, 1.54) is 13.9 Å². The summed E-state index contributed by atoms with van der Waals surface area (Å²) < 4.78 is 70.7. The Labute approximate surface area is 342 Å². The van der Waals surface area contributed by atoms with Gasteiger partial charge >= 0.3 is 6.09 Å². The maximum Gasteiger partial charge on any atom is 0.410 e. The minimum atomic E-state index is -4.51. The first-order valence-electron chi connectivity index (χ1n) is 17.6. The normalized spacial score (nSPS) is 14.0. The van der Waals surface area contributed by atoms with Crippen LogP contribution in [0.5, 0.6) is 17.2 Å². The van der Waals surface area contributed by atoms with Crippen molar-refractivity contribution >= 4 is 49.5 Å². The molecule has 0 spiro atoms. The van der Waals surface area contributed by atoms with Gasteiger partial charge in [-0.1, -0.05) is 36.4 Å². The van der Waals surface area contributed by atoms with Gasteiger partial charge in [0.25, 0.3) is 0 Å². The van der Waals surface area contributed by atoms with Crippen LogP contribution in [0.15, 0.2) is 94.7 Å². The van der Waals surface area contributed by atoms with Crippen LogP contribution in [0.25, 0.3) is 11.4 Å². The highest BCUT2D eigenvalue weighted by Gasteiger charge is 2.42. The first kappa shape index (κ1) is 41.1. The molecule has 0 radical (unpaired) electrons. The average molecular weight is 915 g/mol. The molecule has 6 rings (SSSR count). The highest BCUT2D eigenvalue weighted by Crippen LogP contribution is 2.39. The van der Waals surface area contributed by atoms with Crippen molar-refractivity contribution in [3.05, 3.63) is 105 Å². The highest BCUT2D eigenvalue weighted by molar-refractivity contribution is 14.1. The van der Waals surface area contributed by atoms with Crippen LogP contribution in [0.1, 0.15) is 37.5 Å². The van der Waals surface area contributed by atoms with Crippen molar-refractivity contribution < 1.29 is 36.4 Å². The van der Waals surface area contributed by atoms with Gasteiger partial charge < -0.3 is 23.8 Å². The van der Waals surface area contributed by atoms with Crippen LogP contribution < -0.4 is 14.2 Å². The van der Waals surface area contributed by atoms with E-state index in [0.29, 0.717) is 31.9 Å². The van der Waals surface area contributed by atoms with Crippen molar-refractivity contribution in [3.63, 3.8) is 0 Å². The fourth-order valence-corrected chi connectivity index (χ4v) is 10.6. The molecular formula is C39H43IN6O8S2. The lowest BCUT2D eigenvalue weighted by Gasteiger charge is -2.39. The molecule has 0 aliphatic carbocycles. The third-order valence-electron chi connectivity index (χ3n) is 8.97. The van der Waals surface area contributed by atoms with Gasteiger partial charge in [-0.25, -0.2) is 17.9 Å². The monoisotopic (exact) mass is 914 g/mol. The number of hydrogen-bond donors (Lipinski definition) is 0. The van der Waals surface area contributed by atoms with E-state index in [1.54, 1.807) is 103 Å². The summed E-state index contributed by atoms with van der Waals surface area (Å²) >= 11 is 2.07. The molecule has 0 bridgehead atoms. The molecule has 1 atom stereocenters. The van der Waals surface area contributed by atoms with E-state index in [0.717, 1.165) is 5.56 Å². The Hall–Kier alpha value is -4.59. The van der Waals surface area contributed by atoms with E-state index in [9.17, 15) is 9.00 Å². The predicted octanol–water partition coefficient (Wildman–Crippen LogP) is 6.14. The SMILES string of the molecule is COc1ccc(CN(Cc2ccc(OC)cc2)S(=O)(=O)c2c(S(=O)C3CN(C(=O)OC(C)(C)C)C3)ccc(I)c2-c2nnnn2Cc2ccc(OC)cc2)cc1. The summed E-state index contributed by atoms with van der Waals surface area (Å²) in [7, 11) is -1.69. The van der Waals surface area contributed by atoms with Crippen molar-refractivity contribution in [1.82, 2.24) is 29.4 Å². The molecule has 17 heteroatoms. The molecule has 1 aliphatic heterocycles. The van der Waals surface area contributed by atoms with Crippen LogP contribution in [0.4, 0.5) is 4.79 Å². The Morgan fingerprint density at radius 1 is 0.821 bits per heavy atom. The topological polar surface area (TPSA) is 155 Å². The van der Waals surface area contributed by atoms with Crippen LogP contribution in [0.3, 0.4) is 0 Å². The van der Waals surface area contributed by atoms with Gasteiger partial charge in [0, 0.05) is 29.7 Å². The van der Waals surface area contributed by atoms with Gasteiger partial charge in [0.1, 0.15) is 27.7 Å². The lowest BCUT2D eigenvalue weighted by atomic mass is 10.2. The first-order chi connectivity index (χ1) is 26.7. The summed E-state index contributed by atoms with van der Waals surface area (Å²) in [5.74, 6) is 2.11. The Morgan fingerprint density at radius 3 is 1.80 bits per heavy atom. The van der Waals surface area contributed by atoms with Gasteiger partial charge in [-0.05, 0) is 119 Å². The lowest BCUT2D eigenvalue weighted by molar-refractivity contribution is 0.0141. The second-order valence-electron chi connectivity index (χ2n) is 14.0. The second-order valence-corrected chi connectivity index (χ2v) is 18.8. The van der Waals surface area contributed by atoms with Gasteiger partial charge in [-0.15, -0.1) is 5.10 Å². The van der Waals surface area contributed by atoms with E-state index in [4.69, 9.17) is 18.9 Å². The maximum atomic E-state index is 15.5. The van der Waals surface area contributed by atoms with E-state index in [-0.39, 0.29) is 53.9 Å². The minimum Gasteiger partial charge on any atom is -0.497 e. The summed E-state index contributed by atoms with van der Waals surface area (Å²) in [6, 6.07) is 25.0. The molecule has 1 aliphatic rings. The molecule has 5 aromatic rings. The van der Waals surface area contributed by atoms with Crippen molar-refractivity contribution in [2.75, 3.05) is 34.4 Å². The largest absolute Gasteiger partial charge is 0.497 e. The number of nitrogens with zero attached hydrogens (tertiary/aromatic N) is 6. The predicted molar refractivity (Wildman–Crippen MR) is 218 cm³/mol. The van der Waals surface area contributed by atoms with E-state index < -0.39 is 37.8 Å². The lowest BCUT2D eigenvalue weighted by Crippen LogP contribution is -2.56. The van der Waals surface area contributed by atoms with E-state index in [2.05, 4.69) is 38.1 Å². The Bertz CT molecular complexity index is 2240. The Morgan fingerprint density at radius 2 is 1.32 bits per heavy atom. The number of sulfonamides is 1. The average Bonchev–Trinajstić information content (AvgIpc) is 3.61. The second kappa shape index (κ2) is 17.3. The third kappa shape index (κ3) is 9.33. The summed E-state index contributed by atoms with van der Waals surface area (Å²) in [6.07, 6.45) is -0.523. The van der Waals surface area contributed by atoms with Gasteiger partial charge in [0.15, 0.2) is 5.82 Å². The molecule has 1 saturated heterocycles. The fraction of sp³-hybridized carbons (Fsp3) is 0.333. The standard InChI is InChI=1S/C39H43IN6O8S2/c1-39(2,3)54-38(47)44-24-32(25-44)55(48)34-20-19-33(40)35(37-41-42-43-46(37)23-28-11-17-31(53-6)18-12-28)36(34)56(49,50)45(21-26-7-13-29(51-4)14-8-26)22-27-9-15-30(52-5)16-10-27/h7-20,32H,21-25H2,1-6H3. The summed E-state index contributed by atoms with van der Waals surface area (Å²) in [6.45, 7) is 5.73. The fourth-order valence-electron chi connectivity index (χ4n) is 6.01. The molecule has 296 valence electrons. The third-order valence-corrected chi connectivity index (χ3v) is 13.6. The number of carbonyl (C=O) groups is 1. The van der Waals surface area contributed by atoms with Crippen LogP contribution in [0, 0.1) is 3.57 Å². The number of benzene rings is 4. The van der Waals surface area contributed by atoms with Crippen LogP contribution in [-0.4, -0.2) is 93.4 Å². The number of halogens is 1. The zero-order valence-electron chi connectivity index (χ0n) is 31.8. The van der Waals surface area contributed by atoms with E-state index >= 15 is 8.42 Å². The molecule has 1 aromatic heterocycles. The molecule has 0 N–H and O–H groups in total. The Balaban J connectivity index is 1.48. The molecule has 56 heavy (non-hydrogen) atoms. The van der Waals surface area contributed by atoms with Crippen molar-refractivity contribution in [2.24, 2.45) is 0 Å². The number of hydrogen-bond acceptors (Lipinski definition) is 11. The minimum absolute atomic E-state index is 0.0258. The van der Waals surface area contributed by atoms with Crippen molar-refractivity contribution in [3.8, 4) is 28.6 Å². The Kier molecular flexibility index (Phi) is 12.7. The molecule has 1 fully saturated rings. The van der Waals surface area contributed by atoms with Gasteiger partial charge in [0.05, 0.1) is 54.4 Å². The van der Waals surface area contributed by atoms with E-state index in [1.807, 2.05) is 24.3 Å². The number of carbonyl (C=O) groups excluding carboxylic acids is 1. The molecule has 1 unspecified atom stereocenters.